The van der Waals surface area contributed by atoms with Gasteiger partial charge in [0.1, 0.15) is 0 Å². The first-order valence-electron chi connectivity index (χ1n) is 2.35. The van der Waals surface area contributed by atoms with E-state index in [-0.39, 0.29) is 264 Å². The second-order valence-corrected chi connectivity index (χ2v) is 4.62. The summed E-state index contributed by atoms with van der Waals surface area (Å²) in [6, 6.07) is 0. The minimum absolute atomic E-state index is 0. The SMILES string of the molecule is O=P(O)(O)O.O=P(O)(O)O.O=P(O)(O)O.[H-].[H-].[H-].[H-].[H-].[K+].[K+].[K+].[K+].[K+]. The molecule has 20 heteroatoms. The minimum atomic E-state index is -4.64. The largest absolute Gasteiger partial charge is 1.00 e. The summed E-state index contributed by atoms with van der Waals surface area (Å²) in [6.07, 6.45) is 0. The van der Waals surface area contributed by atoms with E-state index in [4.69, 9.17) is 57.7 Å². The van der Waals surface area contributed by atoms with Crippen molar-refractivity contribution in [2.45, 2.75) is 0 Å². The molecule has 0 heterocycles. The van der Waals surface area contributed by atoms with E-state index in [1.54, 1.807) is 0 Å². The molecular weight excluding hydrogens is 480 g/mol. The molecule has 106 valence electrons. The van der Waals surface area contributed by atoms with E-state index < -0.39 is 23.5 Å². The number of phosphoric acid groups is 3. The van der Waals surface area contributed by atoms with Gasteiger partial charge < -0.3 is 51.2 Å². The Morgan fingerprint density at radius 2 is 0.400 bits per heavy atom. The van der Waals surface area contributed by atoms with Crippen LogP contribution in [0.25, 0.3) is 0 Å². The average molecular weight is 495 g/mol. The smallest absolute Gasteiger partial charge is 1.00 e. The second kappa shape index (κ2) is 27.5. The molecule has 0 radical (unpaired) electrons. The Bertz CT molecular complexity index is 231. The van der Waals surface area contributed by atoms with Crippen LogP contribution < -0.4 is 257 Å². The summed E-state index contributed by atoms with van der Waals surface area (Å²) >= 11 is 0. The van der Waals surface area contributed by atoms with Gasteiger partial charge in [0.2, 0.25) is 0 Å². The van der Waals surface area contributed by atoms with Crippen molar-refractivity contribution in [2.24, 2.45) is 0 Å². The molecule has 0 unspecified atom stereocenters. The van der Waals surface area contributed by atoms with Crippen molar-refractivity contribution >= 4 is 23.5 Å². The van der Waals surface area contributed by atoms with Crippen LogP contribution in [0.15, 0.2) is 0 Å². The third kappa shape index (κ3) is 238. The van der Waals surface area contributed by atoms with Crippen LogP contribution in [-0.4, -0.2) is 44.0 Å². The van der Waals surface area contributed by atoms with E-state index in [1.165, 1.54) is 0 Å². The van der Waals surface area contributed by atoms with Gasteiger partial charge in [-0.25, -0.2) is 13.7 Å². The van der Waals surface area contributed by atoms with Gasteiger partial charge in [-0.2, -0.15) is 0 Å². The van der Waals surface area contributed by atoms with E-state index in [9.17, 15) is 0 Å². The molecule has 0 saturated carbocycles. The minimum Gasteiger partial charge on any atom is -1.00 e. The third-order valence-electron chi connectivity index (χ3n) is 0. The van der Waals surface area contributed by atoms with Crippen LogP contribution in [0.1, 0.15) is 7.13 Å². The molecule has 0 aromatic rings. The standard InChI is InChI=1S/5K.3H3O4P.5H/c;;;;;3*1-5(2,3)4;;;;;/h;;;;;3*(H3,1,2,3,4);;;;;/q5*+1;;;;5*-1. The Labute approximate surface area is 334 Å². The summed E-state index contributed by atoms with van der Waals surface area (Å²) in [6.45, 7) is 0. The van der Waals surface area contributed by atoms with Crippen molar-refractivity contribution in [1.29, 1.82) is 0 Å². The van der Waals surface area contributed by atoms with Crippen molar-refractivity contribution in [3.05, 3.63) is 0 Å². The maximum absolute atomic E-state index is 8.88. The topological polar surface area (TPSA) is 233 Å². The van der Waals surface area contributed by atoms with Crippen LogP contribution in [0.5, 0.6) is 0 Å². The molecule has 0 bridgehead atoms. The van der Waals surface area contributed by atoms with Crippen LogP contribution in [0.3, 0.4) is 0 Å². The molecule has 0 fully saturated rings. The van der Waals surface area contributed by atoms with Crippen LogP contribution in [0.2, 0.25) is 0 Å². The average Bonchev–Trinajstić information content (AvgIpc) is 1.41. The van der Waals surface area contributed by atoms with Gasteiger partial charge in [-0.3, -0.25) is 0 Å². The van der Waals surface area contributed by atoms with Gasteiger partial charge in [0.25, 0.3) is 0 Å². The first-order valence-corrected chi connectivity index (χ1v) is 7.04. The van der Waals surface area contributed by atoms with Crippen molar-refractivity contribution in [3.8, 4) is 0 Å². The van der Waals surface area contributed by atoms with Gasteiger partial charge in [-0.05, 0) is 0 Å². The van der Waals surface area contributed by atoms with Crippen molar-refractivity contribution in [3.63, 3.8) is 0 Å². The molecule has 9 N–H and O–H groups in total. The second-order valence-electron chi connectivity index (χ2n) is 1.54. The van der Waals surface area contributed by atoms with Gasteiger partial charge in [-0.15, -0.1) is 0 Å². The normalized spacial score (nSPS) is 8.85. The molecule has 0 aliphatic carbocycles. The summed E-state index contributed by atoms with van der Waals surface area (Å²) in [5.41, 5.74) is 0. The first-order chi connectivity index (χ1) is 6.00. The zero-order valence-corrected chi connectivity index (χ0v) is 29.9. The van der Waals surface area contributed by atoms with Gasteiger partial charge in [0.15, 0.2) is 0 Å². The quantitative estimate of drug-likeness (QED) is 0.113. The molecule has 0 rings (SSSR count). The van der Waals surface area contributed by atoms with Crippen LogP contribution >= 0.6 is 23.5 Å². The van der Waals surface area contributed by atoms with Crippen LogP contribution in [0, 0.1) is 0 Å². The fourth-order valence-corrected chi connectivity index (χ4v) is 0. The molecule has 0 aliphatic rings. The summed E-state index contributed by atoms with van der Waals surface area (Å²) in [5.74, 6) is 0. The Morgan fingerprint density at radius 3 is 0.400 bits per heavy atom. The molecule has 0 aromatic heterocycles. The Kier molecular flexibility index (Phi) is 70.6. The maximum atomic E-state index is 8.88. The molecule has 0 amide bonds. The third-order valence-corrected chi connectivity index (χ3v) is 0. The monoisotopic (exact) mass is 494 g/mol. The van der Waals surface area contributed by atoms with Gasteiger partial charge in [-0.1, -0.05) is 0 Å². The maximum Gasteiger partial charge on any atom is 1.00 e. The van der Waals surface area contributed by atoms with E-state index in [0.29, 0.717) is 0 Å². The fraction of sp³-hybridized carbons (Fsp3) is 0. The van der Waals surface area contributed by atoms with E-state index in [2.05, 4.69) is 0 Å². The summed E-state index contributed by atoms with van der Waals surface area (Å²) in [4.78, 5) is 64.7. The number of rotatable bonds is 0. The van der Waals surface area contributed by atoms with Gasteiger partial charge in [0.05, 0.1) is 0 Å². The van der Waals surface area contributed by atoms with Crippen LogP contribution in [0.4, 0.5) is 0 Å². The molecule has 0 aliphatic heterocycles. The molecule has 0 spiro atoms. The Morgan fingerprint density at radius 1 is 0.400 bits per heavy atom. The molecule has 0 atom stereocenters. The van der Waals surface area contributed by atoms with Crippen molar-refractivity contribution < 1.29 is 322 Å². The zero-order valence-electron chi connectivity index (χ0n) is 16.6. The molecule has 20 heavy (non-hydrogen) atoms. The molecule has 0 aromatic carbocycles. The first kappa shape index (κ1) is 51.3. The van der Waals surface area contributed by atoms with Gasteiger partial charge in [0, 0.05) is 0 Å². The predicted octanol–water partition coefficient (Wildman–Crippen LogP) is -17.2. The Balaban J connectivity index is -0.00000000655. The van der Waals surface area contributed by atoms with Gasteiger partial charge >= 0.3 is 280 Å². The number of hydrogen-bond acceptors (Lipinski definition) is 3. The summed E-state index contributed by atoms with van der Waals surface area (Å²) < 4.78 is 26.6. The molecule has 0 saturated heterocycles. The van der Waals surface area contributed by atoms with Crippen molar-refractivity contribution in [1.82, 2.24) is 0 Å². The van der Waals surface area contributed by atoms with E-state index in [0.717, 1.165) is 0 Å². The summed E-state index contributed by atoms with van der Waals surface area (Å²) in [5, 5.41) is 0. The Hall–Kier alpha value is 8.51. The summed E-state index contributed by atoms with van der Waals surface area (Å²) in [7, 11) is -13.9. The zero-order chi connectivity index (χ0) is 13.5. The van der Waals surface area contributed by atoms with Crippen LogP contribution in [-0.2, 0) is 13.7 Å². The predicted molar refractivity (Wildman–Crippen MR) is 48.3 cm³/mol. The van der Waals surface area contributed by atoms with Crippen molar-refractivity contribution in [2.75, 3.05) is 0 Å². The van der Waals surface area contributed by atoms with E-state index in [1.807, 2.05) is 0 Å². The number of hydrogen-bond donors (Lipinski definition) is 9. The molecular formula is H14K5O12P3. The van der Waals surface area contributed by atoms with E-state index >= 15 is 0 Å². The fourth-order valence-electron chi connectivity index (χ4n) is 0. The molecule has 12 nitrogen and oxygen atoms in total.